The van der Waals surface area contributed by atoms with Crippen LogP contribution in [-0.2, 0) is 11.0 Å². The number of pyridine rings is 1. The maximum atomic E-state index is 12.9. The topological polar surface area (TPSA) is 59.8 Å². The summed E-state index contributed by atoms with van der Waals surface area (Å²) in [5.41, 5.74) is -0.0798. The maximum absolute atomic E-state index is 12.9. The molecule has 2 heterocycles. The first-order valence-corrected chi connectivity index (χ1v) is 7.46. The summed E-state index contributed by atoms with van der Waals surface area (Å²) in [5, 5.41) is 6.12. The van der Waals surface area contributed by atoms with Gasteiger partial charge in [-0.05, 0) is 48.3 Å². The van der Waals surface area contributed by atoms with Crippen LogP contribution in [0, 0.1) is 13.8 Å². The Labute approximate surface area is 139 Å². The second-order valence-corrected chi connectivity index (χ2v) is 5.82. The molecule has 1 amide bonds. The Balaban J connectivity index is 2.29. The summed E-state index contributed by atoms with van der Waals surface area (Å²) in [6.07, 6.45) is -3.08. The van der Waals surface area contributed by atoms with Gasteiger partial charge in [-0.25, -0.2) is 4.98 Å². The van der Waals surface area contributed by atoms with Gasteiger partial charge in [-0.15, -0.1) is 0 Å². The number of hydrogen-bond donors (Lipinski definition) is 1. The van der Waals surface area contributed by atoms with E-state index < -0.39 is 23.8 Å². The van der Waals surface area contributed by atoms with Gasteiger partial charge in [-0.1, -0.05) is 6.07 Å². The summed E-state index contributed by atoms with van der Waals surface area (Å²) < 4.78 is 39.5. The van der Waals surface area contributed by atoms with E-state index in [1.807, 2.05) is 0 Å². The van der Waals surface area contributed by atoms with Crippen molar-refractivity contribution in [1.29, 1.82) is 0 Å². The van der Waals surface area contributed by atoms with E-state index in [1.165, 1.54) is 20.0 Å². The van der Waals surface area contributed by atoms with Gasteiger partial charge in [0, 0.05) is 6.20 Å². The third-order valence-corrected chi connectivity index (χ3v) is 4.29. The second-order valence-electron chi connectivity index (χ2n) is 5.02. The molecular formula is C14H14BrF3N4O. The predicted octanol–water partition coefficient (Wildman–Crippen LogP) is 3.88. The number of carbonyl (C=O) groups excluding carboxylic acids is 1. The Morgan fingerprint density at radius 2 is 2.04 bits per heavy atom. The van der Waals surface area contributed by atoms with E-state index in [0.717, 1.165) is 10.2 Å². The molecule has 1 unspecified atom stereocenters. The van der Waals surface area contributed by atoms with Crippen molar-refractivity contribution in [2.24, 2.45) is 0 Å². The van der Waals surface area contributed by atoms with E-state index in [4.69, 9.17) is 0 Å². The third-order valence-electron chi connectivity index (χ3n) is 3.34. The fourth-order valence-electron chi connectivity index (χ4n) is 2.01. The zero-order valence-corrected chi connectivity index (χ0v) is 14.2. The van der Waals surface area contributed by atoms with Gasteiger partial charge >= 0.3 is 6.18 Å². The summed E-state index contributed by atoms with van der Waals surface area (Å²) in [4.78, 5) is 16.3. The highest BCUT2D eigenvalue weighted by Crippen LogP contribution is 2.36. The van der Waals surface area contributed by atoms with Crippen LogP contribution in [0.5, 0.6) is 0 Å². The summed E-state index contributed by atoms with van der Waals surface area (Å²) in [6.45, 7) is 4.70. The number of anilines is 1. The number of aryl methyl sites for hydroxylation is 1. The van der Waals surface area contributed by atoms with Crippen molar-refractivity contribution in [2.75, 3.05) is 5.32 Å². The molecule has 0 bridgehead atoms. The molecule has 5 nitrogen and oxygen atoms in total. The van der Waals surface area contributed by atoms with Gasteiger partial charge in [0.15, 0.2) is 5.69 Å². The van der Waals surface area contributed by atoms with Crippen molar-refractivity contribution in [3.8, 4) is 0 Å². The van der Waals surface area contributed by atoms with Crippen molar-refractivity contribution in [3.63, 3.8) is 0 Å². The standard InChI is InChI=1S/C14H14BrF3N4O/c1-7-5-4-6-19-12(7)20-13(23)9(3)22-8(2)10(15)11(21-22)14(16,17)18/h4-6,9H,1-3H3,(H,19,20,23). The maximum Gasteiger partial charge on any atom is 0.436 e. The average Bonchev–Trinajstić information content (AvgIpc) is 2.77. The number of nitrogens with one attached hydrogen (secondary N) is 1. The van der Waals surface area contributed by atoms with Crippen LogP contribution in [0.3, 0.4) is 0 Å². The van der Waals surface area contributed by atoms with Crippen molar-refractivity contribution in [1.82, 2.24) is 14.8 Å². The molecule has 124 valence electrons. The Kier molecular flexibility index (Phi) is 4.79. The van der Waals surface area contributed by atoms with Crippen molar-refractivity contribution in [2.45, 2.75) is 33.0 Å². The highest BCUT2D eigenvalue weighted by molar-refractivity contribution is 9.10. The van der Waals surface area contributed by atoms with Crippen LogP contribution in [0.15, 0.2) is 22.8 Å². The minimum Gasteiger partial charge on any atom is -0.309 e. The largest absolute Gasteiger partial charge is 0.436 e. The number of alkyl halides is 3. The van der Waals surface area contributed by atoms with Crippen molar-refractivity contribution < 1.29 is 18.0 Å². The number of nitrogens with zero attached hydrogens (tertiary/aromatic N) is 3. The van der Waals surface area contributed by atoms with E-state index in [9.17, 15) is 18.0 Å². The first-order valence-electron chi connectivity index (χ1n) is 6.67. The SMILES string of the molecule is Cc1cccnc1NC(=O)C(C)n1nc(C(F)(F)F)c(Br)c1C. The van der Waals surface area contributed by atoms with E-state index in [0.29, 0.717) is 5.82 Å². The number of hydrogen-bond acceptors (Lipinski definition) is 3. The molecule has 1 atom stereocenters. The zero-order chi connectivity index (χ0) is 17.4. The summed E-state index contributed by atoms with van der Waals surface area (Å²) >= 11 is 2.89. The fraction of sp³-hybridized carbons (Fsp3) is 0.357. The molecule has 0 spiro atoms. The summed E-state index contributed by atoms with van der Waals surface area (Å²) in [6, 6.07) is 2.56. The molecule has 0 radical (unpaired) electrons. The molecule has 0 saturated heterocycles. The van der Waals surface area contributed by atoms with Gasteiger partial charge in [0.05, 0.1) is 10.2 Å². The molecule has 2 aromatic rings. The third kappa shape index (κ3) is 3.54. The molecule has 9 heteroatoms. The highest BCUT2D eigenvalue weighted by atomic mass is 79.9. The molecule has 0 saturated carbocycles. The predicted molar refractivity (Wildman–Crippen MR) is 82.0 cm³/mol. The monoisotopic (exact) mass is 390 g/mol. The summed E-state index contributed by atoms with van der Waals surface area (Å²) in [7, 11) is 0. The van der Waals surface area contributed by atoms with Gasteiger partial charge < -0.3 is 5.32 Å². The minimum absolute atomic E-state index is 0.168. The van der Waals surface area contributed by atoms with E-state index in [-0.39, 0.29) is 10.2 Å². The van der Waals surface area contributed by atoms with Gasteiger partial charge in [-0.2, -0.15) is 18.3 Å². The van der Waals surface area contributed by atoms with Crippen LogP contribution in [0.1, 0.15) is 29.9 Å². The Bertz CT molecular complexity index is 742. The van der Waals surface area contributed by atoms with Gasteiger partial charge in [0.2, 0.25) is 5.91 Å². The Morgan fingerprint density at radius 3 is 2.57 bits per heavy atom. The lowest BCUT2D eigenvalue weighted by molar-refractivity contribution is -0.142. The minimum atomic E-state index is -4.59. The summed E-state index contributed by atoms with van der Waals surface area (Å²) in [5.74, 6) is -0.136. The van der Waals surface area contributed by atoms with Gasteiger partial charge in [-0.3, -0.25) is 9.48 Å². The van der Waals surface area contributed by atoms with Crippen LogP contribution >= 0.6 is 15.9 Å². The van der Waals surface area contributed by atoms with Crippen LogP contribution in [-0.4, -0.2) is 20.7 Å². The van der Waals surface area contributed by atoms with Crippen LogP contribution < -0.4 is 5.32 Å². The molecule has 0 aromatic carbocycles. The molecule has 2 aromatic heterocycles. The first-order chi connectivity index (χ1) is 10.6. The Hall–Kier alpha value is -1.90. The normalized spacial score (nSPS) is 13.0. The molecule has 0 fully saturated rings. The Morgan fingerprint density at radius 1 is 1.39 bits per heavy atom. The lowest BCUT2D eigenvalue weighted by Gasteiger charge is -2.15. The molecular weight excluding hydrogens is 377 g/mol. The zero-order valence-electron chi connectivity index (χ0n) is 12.6. The van der Waals surface area contributed by atoms with Crippen LogP contribution in [0.25, 0.3) is 0 Å². The number of carbonyl (C=O) groups is 1. The molecule has 2 rings (SSSR count). The van der Waals surface area contributed by atoms with Crippen molar-refractivity contribution in [3.05, 3.63) is 39.8 Å². The fourth-order valence-corrected chi connectivity index (χ4v) is 2.49. The van der Waals surface area contributed by atoms with Gasteiger partial charge in [0.25, 0.3) is 0 Å². The van der Waals surface area contributed by atoms with Crippen LogP contribution in [0.2, 0.25) is 0 Å². The quantitative estimate of drug-likeness (QED) is 0.864. The number of aromatic nitrogens is 3. The number of amides is 1. The second kappa shape index (κ2) is 6.31. The smallest absolute Gasteiger partial charge is 0.309 e. The number of halogens is 4. The van der Waals surface area contributed by atoms with E-state index in [2.05, 4.69) is 31.3 Å². The average molecular weight is 391 g/mol. The molecule has 1 N–H and O–H groups in total. The van der Waals surface area contributed by atoms with Crippen LogP contribution in [0.4, 0.5) is 19.0 Å². The number of rotatable bonds is 3. The van der Waals surface area contributed by atoms with Crippen molar-refractivity contribution >= 4 is 27.7 Å². The van der Waals surface area contributed by atoms with E-state index in [1.54, 1.807) is 19.1 Å². The van der Waals surface area contributed by atoms with Gasteiger partial charge in [0.1, 0.15) is 11.9 Å². The molecule has 0 aliphatic rings. The highest BCUT2D eigenvalue weighted by Gasteiger charge is 2.39. The van der Waals surface area contributed by atoms with E-state index >= 15 is 0 Å². The first kappa shape index (κ1) is 17.5. The lowest BCUT2D eigenvalue weighted by atomic mass is 10.2. The molecule has 0 aliphatic carbocycles. The molecule has 0 aliphatic heterocycles. The molecule has 23 heavy (non-hydrogen) atoms. The lowest BCUT2D eigenvalue weighted by Crippen LogP contribution is -2.26.